The van der Waals surface area contributed by atoms with Crippen molar-refractivity contribution in [3.8, 4) is 0 Å². The zero-order valence-corrected chi connectivity index (χ0v) is 33.0. The quantitative estimate of drug-likeness (QED) is 0.289. The molecule has 2 spiro atoms. The van der Waals surface area contributed by atoms with E-state index in [2.05, 4.69) is 28.7 Å². The molecule has 2 aliphatic heterocycles. The molecule has 2 fully saturated rings. The van der Waals surface area contributed by atoms with E-state index < -0.39 is 32.3 Å². The van der Waals surface area contributed by atoms with Gasteiger partial charge in [-0.25, -0.2) is 4.21 Å². The molecule has 0 aromatic heterocycles. The minimum Gasteiger partial charge on any atom is -0.509 e. The Kier molecular flexibility index (Phi) is 12.7. The Bertz CT molecular complexity index is 1850. The van der Waals surface area contributed by atoms with Crippen molar-refractivity contribution in [3.63, 3.8) is 0 Å². The normalized spacial score (nSPS) is 26.6. The average Bonchev–Trinajstić information content (AvgIpc) is 3.45. The van der Waals surface area contributed by atoms with Crippen LogP contribution in [0.3, 0.4) is 0 Å². The molecule has 2 saturated carbocycles. The fourth-order valence-corrected chi connectivity index (χ4v) is 7.91. The lowest BCUT2D eigenvalue weighted by Gasteiger charge is -2.37. The summed E-state index contributed by atoms with van der Waals surface area (Å²) in [4.78, 5) is 25.3. The number of carbonyl (C=O) groups is 2. The minimum atomic E-state index is -3.73. The maximum atomic E-state index is 12.8. The first-order chi connectivity index (χ1) is 23.8. The van der Waals surface area contributed by atoms with Crippen molar-refractivity contribution in [1.82, 2.24) is 10.6 Å². The van der Waals surface area contributed by atoms with Crippen molar-refractivity contribution in [2.45, 2.75) is 104 Å². The van der Waals surface area contributed by atoms with Crippen molar-refractivity contribution < 1.29 is 35.7 Å². The Morgan fingerprint density at radius 1 is 0.765 bits per heavy atom. The van der Waals surface area contributed by atoms with Gasteiger partial charge in [0.1, 0.15) is 11.3 Å². The Balaban J connectivity index is 0.000000204. The van der Waals surface area contributed by atoms with Crippen LogP contribution in [0.25, 0.3) is 11.1 Å². The van der Waals surface area contributed by atoms with Crippen molar-refractivity contribution in [2.24, 2.45) is 11.8 Å². The zero-order chi connectivity index (χ0) is 37.9. The summed E-state index contributed by atoms with van der Waals surface area (Å²) < 4.78 is 43.2. The number of aliphatic hydroxyl groups is 1. The van der Waals surface area contributed by atoms with Gasteiger partial charge in [-0.15, -0.1) is 0 Å². The summed E-state index contributed by atoms with van der Waals surface area (Å²) in [7, 11) is -2.33. The van der Waals surface area contributed by atoms with Crippen molar-refractivity contribution in [3.05, 3.63) is 81.3 Å². The average molecular weight is 743 g/mol. The highest BCUT2D eigenvalue weighted by atomic mass is 32.2. The number of rotatable bonds is 5. The van der Waals surface area contributed by atoms with Gasteiger partial charge in [-0.3, -0.25) is 13.8 Å². The Labute approximate surface area is 306 Å². The maximum Gasteiger partial charge on any atom is 0.306 e. The van der Waals surface area contributed by atoms with Gasteiger partial charge < -0.3 is 19.9 Å². The van der Waals surface area contributed by atoms with Crippen LogP contribution in [-0.4, -0.2) is 60.2 Å². The van der Waals surface area contributed by atoms with E-state index in [0.29, 0.717) is 35.8 Å². The molecule has 0 bridgehead atoms. The number of hydrogen-bond donors (Lipinski definition) is 3. The number of aliphatic hydroxyl groups excluding tert-OH is 1. The second-order valence-electron chi connectivity index (χ2n) is 14.9. The van der Waals surface area contributed by atoms with E-state index in [1.807, 2.05) is 64.1 Å². The number of carbonyl (C=O) groups excluding carboxylic acids is 2. The SMILES string of the molecule is COS(C)=O.Cc1ccc(C)c(C2=C(O)C3(CCC(C)CC3)NC2=O)c1.Cc1ccc(C)c(C2=C(OS(C)(=O)=O)C3(CCC(C)CC3)NC2=O)c1. The van der Waals surface area contributed by atoms with Gasteiger partial charge >= 0.3 is 10.1 Å². The number of benzene rings is 2. The molecule has 2 aliphatic carbocycles. The minimum absolute atomic E-state index is 0.129. The van der Waals surface area contributed by atoms with Gasteiger partial charge in [0.15, 0.2) is 16.8 Å². The summed E-state index contributed by atoms with van der Waals surface area (Å²) in [6.45, 7) is 12.3. The summed E-state index contributed by atoms with van der Waals surface area (Å²) in [6, 6.07) is 11.9. The lowest BCUT2D eigenvalue weighted by atomic mass is 9.76. The van der Waals surface area contributed by atoms with Crippen LogP contribution in [0.2, 0.25) is 0 Å². The lowest BCUT2D eigenvalue weighted by molar-refractivity contribution is -0.117. The summed E-state index contributed by atoms with van der Waals surface area (Å²) in [6.07, 6.45) is 9.50. The van der Waals surface area contributed by atoms with Gasteiger partial charge in [-0.2, -0.15) is 8.42 Å². The molecule has 2 aromatic rings. The monoisotopic (exact) mass is 742 g/mol. The molecule has 10 nitrogen and oxygen atoms in total. The Morgan fingerprint density at radius 3 is 1.59 bits per heavy atom. The molecule has 2 heterocycles. The summed E-state index contributed by atoms with van der Waals surface area (Å²) in [5.41, 5.74) is 5.27. The van der Waals surface area contributed by atoms with Crippen LogP contribution in [0.5, 0.6) is 0 Å². The fraction of sp³-hybridized carbons (Fsp3) is 0.538. The highest BCUT2D eigenvalue weighted by Crippen LogP contribution is 2.46. The van der Waals surface area contributed by atoms with E-state index in [-0.39, 0.29) is 23.3 Å². The van der Waals surface area contributed by atoms with Gasteiger partial charge in [0, 0.05) is 6.26 Å². The second-order valence-corrected chi connectivity index (χ2v) is 17.6. The zero-order valence-electron chi connectivity index (χ0n) is 31.4. The number of aryl methyl sites for hydroxylation is 4. The largest absolute Gasteiger partial charge is 0.509 e. The van der Waals surface area contributed by atoms with Crippen LogP contribution in [-0.2, 0) is 39.2 Å². The molecule has 1 atom stereocenters. The van der Waals surface area contributed by atoms with Crippen LogP contribution >= 0.6 is 0 Å². The number of nitrogens with one attached hydrogen (secondary N) is 2. The second kappa shape index (κ2) is 16.0. The van der Waals surface area contributed by atoms with Gasteiger partial charge in [-0.05, 0) is 113 Å². The topological polar surface area (TPSA) is 148 Å². The smallest absolute Gasteiger partial charge is 0.306 e. The first-order valence-electron chi connectivity index (χ1n) is 17.6. The molecular formula is C39H54N2O8S2. The highest BCUT2D eigenvalue weighted by molar-refractivity contribution is 7.86. The van der Waals surface area contributed by atoms with Gasteiger partial charge in [0.05, 0.1) is 30.1 Å². The first-order valence-corrected chi connectivity index (χ1v) is 20.9. The summed E-state index contributed by atoms with van der Waals surface area (Å²) >= 11 is -1.07. The van der Waals surface area contributed by atoms with Crippen LogP contribution in [0.4, 0.5) is 0 Å². The molecule has 6 rings (SSSR count). The van der Waals surface area contributed by atoms with Gasteiger partial charge in [0.2, 0.25) is 0 Å². The van der Waals surface area contributed by atoms with Crippen LogP contribution < -0.4 is 10.6 Å². The van der Waals surface area contributed by atoms with Crippen LogP contribution in [0.15, 0.2) is 47.9 Å². The molecule has 51 heavy (non-hydrogen) atoms. The predicted octanol–water partition coefficient (Wildman–Crippen LogP) is 6.65. The maximum absolute atomic E-state index is 12.8. The molecular weight excluding hydrogens is 689 g/mol. The summed E-state index contributed by atoms with van der Waals surface area (Å²) in [5.74, 6) is 1.39. The van der Waals surface area contributed by atoms with E-state index >= 15 is 0 Å². The first kappa shape index (κ1) is 40.3. The van der Waals surface area contributed by atoms with Gasteiger partial charge in [0.25, 0.3) is 11.8 Å². The predicted molar refractivity (Wildman–Crippen MR) is 202 cm³/mol. The molecule has 2 aromatic carbocycles. The molecule has 3 N–H and O–H groups in total. The molecule has 0 saturated heterocycles. The van der Waals surface area contributed by atoms with Gasteiger partial charge in [-0.1, -0.05) is 61.4 Å². The Hall–Kier alpha value is -3.48. The fourth-order valence-electron chi connectivity index (χ4n) is 7.37. The van der Waals surface area contributed by atoms with Crippen molar-refractivity contribution in [2.75, 3.05) is 19.6 Å². The third-order valence-corrected chi connectivity index (χ3v) is 11.5. The molecule has 2 amide bonds. The number of hydrogen-bond acceptors (Lipinski definition) is 8. The molecule has 4 aliphatic rings. The highest BCUT2D eigenvalue weighted by Gasteiger charge is 2.50. The molecule has 280 valence electrons. The lowest BCUT2D eigenvalue weighted by Crippen LogP contribution is -2.47. The standard InChI is InChI=1S/C19H25NO4S.C18H23NO2.C2H6O2S/c1-12-7-9-19(10-8-12)17(24-25(4,22)23)16(18(21)20-19)15-11-13(2)5-6-14(15)3;1-11-6-8-18(9-7-11)16(20)15(17(21)19-18)14-10-12(2)4-5-13(14)3;1-4-5(2)3/h5-6,11-12H,7-10H2,1-4H3,(H,20,21);4-5,10-11,20H,6-9H2,1-3H3,(H,19,21);1-2H3. The van der Waals surface area contributed by atoms with E-state index in [4.69, 9.17) is 4.18 Å². The molecule has 12 heteroatoms. The third kappa shape index (κ3) is 9.31. The van der Waals surface area contributed by atoms with Crippen LogP contribution in [0, 0.1) is 39.5 Å². The number of amides is 2. The van der Waals surface area contributed by atoms with Crippen LogP contribution in [0.1, 0.15) is 98.6 Å². The molecule has 0 radical (unpaired) electrons. The van der Waals surface area contributed by atoms with Crippen molar-refractivity contribution in [1.29, 1.82) is 0 Å². The third-order valence-electron chi connectivity index (χ3n) is 10.6. The van der Waals surface area contributed by atoms with E-state index in [9.17, 15) is 27.3 Å². The van der Waals surface area contributed by atoms with E-state index in [1.165, 1.54) is 13.4 Å². The molecule has 1 unspecified atom stereocenters. The van der Waals surface area contributed by atoms with Crippen molar-refractivity contribution >= 4 is 44.2 Å². The van der Waals surface area contributed by atoms with E-state index in [1.54, 1.807) is 0 Å². The summed E-state index contributed by atoms with van der Waals surface area (Å²) in [5, 5.41) is 16.9. The Morgan fingerprint density at radius 2 is 1.16 bits per heavy atom. The van der Waals surface area contributed by atoms with E-state index in [0.717, 1.165) is 78.2 Å².